The zero-order valence-electron chi connectivity index (χ0n) is 13.0. The van der Waals surface area contributed by atoms with Gasteiger partial charge < -0.3 is 15.3 Å². The highest BCUT2D eigenvalue weighted by Crippen LogP contribution is 2.26. The molecule has 0 aromatic carbocycles. The smallest absolute Gasteiger partial charge is 0.305 e. The normalized spacial score (nSPS) is 20.2. The average Bonchev–Trinajstić information content (AvgIpc) is 2.73. The molecule has 2 N–H and O–H groups in total. The molecule has 1 rings (SSSR count). The summed E-state index contributed by atoms with van der Waals surface area (Å²) in [5, 5.41) is 11.4. The summed E-state index contributed by atoms with van der Waals surface area (Å²) in [4.78, 5) is 36.7. The summed E-state index contributed by atoms with van der Waals surface area (Å²) < 4.78 is 0. The molecule has 1 heterocycles. The summed E-state index contributed by atoms with van der Waals surface area (Å²) in [5.41, 5.74) is -0.123. The van der Waals surface area contributed by atoms with Crippen LogP contribution in [0.3, 0.4) is 0 Å². The predicted molar refractivity (Wildman–Crippen MR) is 81.9 cm³/mol. The zero-order chi connectivity index (χ0) is 16.2. The Morgan fingerprint density at radius 3 is 2.52 bits per heavy atom. The first-order valence-electron chi connectivity index (χ1n) is 6.99. The number of carboxylic acids is 1. The van der Waals surface area contributed by atoms with Crippen molar-refractivity contribution in [2.45, 2.75) is 52.6 Å². The van der Waals surface area contributed by atoms with Gasteiger partial charge in [0.25, 0.3) is 0 Å². The van der Waals surface area contributed by atoms with Gasteiger partial charge in [-0.15, -0.1) is 11.8 Å². The molecule has 0 radical (unpaired) electrons. The summed E-state index contributed by atoms with van der Waals surface area (Å²) >= 11 is 1.54. The van der Waals surface area contributed by atoms with E-state index in [9.17, 15) is 14.4 Å². The Balaban J connectivity index is 2.62. The van der Waals surface area contributed by atoms with E-state index in [-0.39, 0.29) is 23.7 Å². The van der Waals surface area contributed by atoms with Gasteiger partial charge in [0, 0.05) is 18.2 Å². The number of thioether (sulfide) groups is 1. The lowest BCUT2D eigenvalue weighted by Crippen LogP contribution is -2.50. The van der Waals surface area contributed by atoms with Crippen molar-refractivity contribution in [3.8, 4) is 0 Å². The molecule has 2 atom stereocenters. The minimum atomic E-state index is -0.954. The molecule has 7 heteroatoms. The van der Waals surface area contributed by atoms with E-state index in [0.717, 1.165) is 0 Å². The number of rotatable bonds is 5. The van der Waals surface area contributed by atoms with E-state index < -0.39 is 18.1 Å². The summed E-state index contributed by atoms with van der Waals surface area (Å²) in [6.07, 6.45) is 0.267. The quantitative estimate of drug-likeness (QED) is 0.798. The number of aliphatic carboxylic acids is 1. The first-order valence-corrected chi connectivity index (χ1v) is 8.15. The lowest BCUT2D eigenvalue weighted by molar-refractivity contribution is -0.140. The molecule has 2 amide bonds. The number of hydrogen-bond donors (Lipinski definition) is 2. The van der Waals surface area contributed by atoms with E-state index >= 15 is 0 Å². The van der Waals surface area contributed by atoms with Crippen LogP contribution < -0.4 is 5.32 Å². The Kier molecular flexibility index (Phi) is 6.07. The summed E-state index contributed by atoms with van der Waals surface area (Å²) in [7, 11) is 0. The minimum Gasteiger partial charge on any atom is -0.481 e. The average molecular weight is 316 g/mol. The molecule has 21 heavy (non-hydrogen) atoms. The number of carboxylic acid groups (broad SMARTS) is 1. The lowest BCUT2D eigenvalue weighted by Gasteiger charge is -2.27. The van der Waals surface area contributed by atoms with Crippen LogP contribution in [0.1, 0.15) is 40.5 Å². The second-order valence-corrected chi connectivity index (χ2v) is 7.62. The molecular formula is C14H24N2O4S. The van der Waals surface area contributed by atoms with Crippen LogP contribution in [0.4, 0.5) is 0 Å². The number of amides is 2. The van der Waals surface area contributed by atoms with Crippen LogP contribution in [0.2, 0.25) is 0 Å². The molecule has 1 aliphatic rings. The van der Waals surface area contributed by atoms with Gasteiger partial charge in [-0.3, -0.25) is 14.4 Å². The summed E-state index contributed by atoms with van der Waals surface area (Å²) in [6, 6.07) is -0.943. The second kappa shape index (κ2) is 7.15. The molecule has 1 saturated heterocycles. The molecule has 0 saturated carbocycles. The van der Waals surface area contributed by atoms with E-state index in [0.29, 0.717) is 18.1 Å². The van der Waals surface area contributed by atoms with Crippen molar-refractivity contribution in [2.24, 2.45) is 5.41 Å². The third-order valence-electron chi connectivity index (χ3n) is 3.06. The van der Waals surface area contributed by atoms with Gasteiger partial charge in [0.2, 0.25) is 11.8 Å². The molecule has 2 unspecified atom stereocenters. The van der Waals surface area contributed by atoms with Crippen LogP contribution in [0.25, 0.3) is 0 Å². The number of carbonyl (C=O) groups excluding carboxylic acids is 2. The lowest BCUT2D eigenvalue weighted by atomic mass is 9.91. The van der Waals surface area contributed by atoms with E-state index in [4.69, 9.17) is 5.11 Å². The van der Waals surface area contributed by atoms with Gasteiger partial charge in [0.05, 0.1) is 12.3 Å². The van der Waals surface area contributed by atoms with Gasteiger partial charge >= 0.3 is 5.97 Å². The fourth-order valence-corrected chi connectivity index (χ4v) is 3.29. The van der Waals surface area contributed by atoms with Crippen LogP contribution in [0, 0.1) is 5.41 Å². The largest absolute Gasteiger partial charge is 0.481 e. The molecular weight excluding hydrogens is 292 g/mol. The molecule has 0 spiro atoms. The molecule has 0 aromatic heterocycles. The van der Waals surface area contributed by atoms with Crippen molar-refractivity contribution in [3.63, 3.8) is 0 Å². The van der Waals surface area contributed by atoms with E-state index in [1.807, 2.05) is 20.8 Å². The van der Waals surface area contributed by atoms with E-state index in [2.05, 4.69) is 5.32 Å². The Labute approximate surface area is 129 Å². The molecule has 6 nitrogen and oxygen atoms in total. The van der Waals surface area contributed by atoms with Crippen LogP contribution in [-0.2, 0) is 14.4 Å². The SMILES string of the molecule is CC(CC(=O)O)NC(=O)C1CSCN1C(=O)CC(C)(C)C. The minimum absolute atomic E-state index is 0.0291. The molecule has 1 fully saturated rings. The predicted octanol–water partition coefficient (Wildman–Crippen LogP) is 1.30. The van der Waals surface area contributed by atoms with Crippen LogP contribution >= 0.6 is 11.8 Å². The van der Waals surface area contributed by atoms with Crippen LogP contribution in [0.5, 0.6) is 0 Å². The van der Waals surface area contributed by atoms with Crippen molar-refractivity contribution in [3.05, 3.63) is 0 Å². The Morgan fingerprint density at radius 1 is 1.38 bits per heavy atom. The first kappa shape index (κ1) is 17.8. The maximum atomic E-state index is 12.3. The first-order chi connectivity index (χ1) is 9.60. The third-order valence-corrected chi connectivity index (χ3v) is 4.07. The van der Waals surface area contributed by atoms with Crippen LogP contribution in [0.15, 0.2) is 0 Å². The third kappa shape index (κ3) is 5.95. The molecule has 0 aliphatic carbocycles. The fourth-order valence-electron chi connectivity index (χ4n) is 2.11. The van der Waals surface area contributed by atoms with Crippen LogP contribution in [-0.4, -0.2) is 51.5 Å². The van der Waals surface area contributed by atoms with Crippen molar-refractivity contribution in [2.75, 3.05) is 11.6 Å². The summed E-state index contributed by atoms with van der Waals surface area (Å²) in [6.45, 7) is 7.60. The highest BCUT2D eigenvalue weighted by molar-refractivity contribution is 7.99. The highest BCUT2D eigenvalue weighted by atomic mass is 32.2. The van der Waals surface area contributed by atoms with Gasteiger partial charge in [-0.1, -0.05) is 20.8 Å². The van der Waals surface area contributed by atoms with E-state index in [1.165, 1.54) is 0 Å². The van der Waals surface area contributed by atoms with E-state index in [1.54, 1.807) is 23.6 Å². The standard InChI is InChI=1S/C14H24N2O4S/c1-9(5-12(18)19)15-13(20)10-7-21-8-16(10)11(17)6-14(2,3)4/h9-10H,5-8H2,1-4H3,(H,15,20)(H,18,19). The Hall–Kier alpha value is -1.24. The van der Waals surface area contributed by atoms with Crippen molar-refractivity contribution in [1.29, 1.82) is 0 Å². The zero-order valence-corrected chi connectivity index (χ0v) is 13.8. The van der Waals surface area contributed by atoms with Crippen molar-refractivity contribution >= 4 is 29.5 Å². The molecule has 120 valence electrons. The second-order valence-electron chi connectivity index (χ2n) is 6.62. The number of nitrogens with one attached hydrogen (secondary N) is 1. The molecule has 0 aromatic rings. The van der Waals surface area contributed by atoms with Gasteiger partial charge in [-0.25, -0.2) is 0 Å². The van der Waals surface area contributed by atoms with Crippen molar-refractivity contribution < 1.29 is 19.5 Å². The fraction of sp³-hybridized carbons (Fsp3) is 0.786. The number of hydrogen-bond acceptors (Lipinski definition) is 4. The Morgan fingerprint density at radius 2 is 2.00 bits per heavy atom. The van der Waals surface area contributed by atoms with Gasteiger partial charge in [-0.05, 0) is 12.3 Å². The van der Waals surface area contributed by atoms with Gasteiger partial charge in [0.15, 0.2) is 0 Å². The molecule has 1 aliphatic heterocycles. The number of carbonyl (C=O) groups is 3. The van der Waals surface area contributed by atoms with Gasteiger partial charge in [-0.2, -0.15) is 0 Å². The van der Waals surface area contributed by atoms with Gasteiger partial charge in [0.1, 0.15) is 6.04 Å². The number of nitrogens with zero attached hydrogens (tertiary/aromatic N) is 1. The maximum Gasteiger partial charge on any atom is 0.305 e. The monoisotopic (exact) mass is 316 g/mol. The van der Waals surface area contributed by atoms with Crippen molar-refractivity contribution in [1.82, 2.24) is 10.2 Å². The Bertz CT molecular complexity index is 420. The topological polar surface area (TPSA) is 86.7 Å². The highest BCUT2D eigenvalue weighted by Gasteiger charge is 2.36. The summed E-state index contributed by atoms with van der Waals surface area (Å²) in [5.74, 6) is -0.180. The maximum absolute atomic E-state index is 12.3. The molecule has 0 bridgehead atoms.